The number of rotatable bonds is 2. The molecule has 0 atom stereocenters. The molecule has 0 aliphatic rings. The summed E-state index contributed by atoms with van der Waals surface area (Å²) in [4.78, 5) is 26.7. The molecule has 0 bridgehead atoms. The maximum absolute atomic E-state index is 13.2. The lowest BCUT2D eigenvalue weighted by Crippen LogP contribution is -2.34. The van der Waals surface area contributed by atoms with Crippen LogP contribution >= 0.6 is 0 Å². The summed E-state index contributed by atoms with van der Waals surface area (Å²) in [7, 11) is 1.41. The molecule has 1 aromatic carbocycles. The number of ether oxygens (including phenoxy) is 1. The molecule has 0 fully saturated rings. The van der Waals surface area contributed by atoms with Crippen LogP contribution < -0.4 is 4.90 Å². The molecule has 0 heterocycles. The van der Waals surface area contributed by atoms with E-state index in [0.29, 0.717) is 0 Å². The highest BCUT2D eigenvalue weighted by molar-refractivity contribution is 5.91. The normalized spacial score (nSPS) is 10.6. The summed E-state index contributed by atoms with van der Waals surface area (Å²) in [6.45, 7) is 5.15. The van der Waals surface area contributed by atoms with Gasteiger partial charge >= 0.3 is 6.09 Å². The molecule has 0 aromatic heterocycles. The number of anilines is 1. The van der Waals surface area contributed by atoms with Crippen molar-refractivity contribution in [3.05, 3.63) is 24.0 Å². The van der Waals surface area contributed by atoms with Crippen molar-refractivity contribution in [1.29, 1.82) is 0 Å². The zero-order chi connectivity index (χ0) is 14.6. The molecule has 1 aromatic rings. The van der Waals surface area contributed by atoms with Gasteiger partial charge in [-0.1, -0.05) is 0 Å². The lowest BCUT2D eigenvalue weighted by molar-refractivity contribution is 0.0589. The van der Waals surface area contributed by atoms with Crippen molar-refractivity contribution in [2.45, 2.75) is 26.4 Å². The molecule has 5 nitrogen and oxygen atoms in total. The number of nitrogens with zero attached hydrogens (tertiary/aromatic N) is 2. The number of benzene rings is 1. The van der Waals surface area contributed by atoms with Crippen LogP contribution in [0.3, 0.4) is 0 Å². The van der Waals surface area contributed by atoms with E-state index < -0.39 is 17.5 Å². The molecular formula is C13H15FN2O3. The van der Waals surface area contributed by atoms with E-state index in [1.54, 1.807) is 20.8 Å². The topological polar surface area (TPSA) is 59.0 Å². The van der Waals surface area contributed by atoms with Gasteiger partial charge in [0.1, 0.15) is 17.1 Å². The summed E-state index contributed by atoms with van der Waals surface area (Å²) < 4.78 is 18.4. The standard InChI is InChI=1S/C13H15FN2O3/c1-13(2,3)19-12(18)16(4)11-7-9(14)5-6-10(11)15-8-17/h5-7H,1-4H3. The number of carbonyl (C=O) groups excluding carboxylic acids is 2. The molecule has 0 radical (unpaired) electrons. The van der Waals surface area contributed by atoms with E-state index in [2.05, 4.69) is 4.99 Å². The highest BCUT2D eigenvalue weighted by Crippen LogP contribution is 2.29. The van der Waals surface area contributed by atoms with Crippen LogP contribution in [0.5, 0.6) is 0 Å². The van der Waals surface area contributed by atoms with Gasteiger partial charge in [-0.05, 0) is 39.0 Å². The third-order valence-corrected chi connectivity index (χ3v) is 2.13. The van der Waals surface area contributed by atoms with Gasteiger partial charge in [-0.25, -0.2) is 14.0 Å². The molecule has 0 aliphatic heterocycles. The van der Waals surface area contributed by atoms with Crippen LogP contribution in [0.25, 0.3) is 0 Å². The van der Waals surface area contributed by atoms with Gasteiger partial charge in [0.05, 0.1) is 5.69 Å². The lowest BCUT2D eigenvalue weighted by atomic mass is 10.2. The maximum Gasteiger partial charge on any atom is 0.414 e. The zero-order valence-corrected chi connectivity index (χ0v) is 11.2. The quantitative estimate of drug-likeness (QED) is 0.610. The molecule has 19 heavy (non-hydrogen) atoms. The van der Waals surface area contributed by atoms with Crippen molar-refractivity contribution < 1.29 is 18.7 Å². The molecule has 102 valence electrons. The predicted molar refractivity (Wildman–Crippen MR) is 68.8 cm³/mol. The van der Waals surface area contributed by atoms with Crippen molar-refractivity contribution in [3.63, 3.8) is 0 Å². The highest BCUT2D eigenvalue weighted by atomic mass is 19.1. The number of aliphatic imine (C=N–C) groups is 1. The fourth-order valence-corrected chi connectivity index (χ4v) is 1.34. The van der Waals surface area contributed by atoms with Gasteiger partial charge in [-0.2, -0.15) is 4.99 Å². The third kappa shape index (κ3) is 4.19. The molecule has 0 spiro atoms. The first-order valence-corrected chi connectivity index (χ1v) is 5.59. The van der Waals surface area contributed by atoms with Crippen molar-refractivity contribution in [1.82, 2.24) is 0 Å². The Morgan fingerprint density at radius 2 is 2.05 bits per heavy atom. The Balaban J connectivity index is 3.11. The Labute approximate surface area is 110 Å². The second kappa shape index (κ2) is 5.63. The van der Waals surface area contributed by atoms with E-state index in [0.717, 1.165) is 17.0 Å². The second-order valence-electron chi connectivity index (χ2n) is 4.88. The fraction of sp³-hybridized carbons (Fsp3) is 0.385. The first kappa shape index (κ1) is 14.9. The minimum Gasteiger partial charge on any atom is -0.443 e. The van der Waals surface area contributed by atoms with Crippen molar-refractivity contribution in [2.75, 3.05) is 11.9 Å². The first-order chi connectivity index (χ1) is 8.74. The van der Waals surface area contributed by atoms with E-state index in [1.807, 2.05) is 0 Å². The summed E-state index contributed by atoms with van der Waals surface area (Å²) in [6.07, 6.45) is 0.693. The summed E-state index contributed by atoms with van der Waals surface area (Å²) >= 11 is 0. The average molecular weight is 266 g/mol. The van der Waals surface area contributed by atoms with Crippen LogP contribution in [0.15, 0.2) is 23.2 Å². The Kier molecular flexibility index (Phi) is 4.40. The number of hydrogen-bond donors (Lipinski definition) is 0. The number of carbonyl (C=O) groups is 1. The summed E-state index contributed by atoms with van der Waals surface area (Å²) in [6, 6.07) is 3.53. The maximum atomic E-state index is 13.2. The molecule has 0 unspecified atom stereocenters. The fourth-order valence-electron chi connectivity index (χ4n) is 1.34. The molecule has 0 N–H and O–H groups in total. The highest BCUT2D eigenvalue weighted by Gasteiger charge is 2.22. The second-order valence-corrected chi connectivity index (χ2v) is 4.88. The number of isocyanates is 1. The van der Waals surface area contributed by atoms with Gasteiger partial charge in [0.2, 0.25) is 6.08 Å². The van der Waals surface area contributed by atoms with E-state index in [1.165, 1.54) is 19.2 Å². The molecular weight excluding hydrogens is 251 g/mol. The van der Waals surface area contributed by atoms with Gasteiger partial charge in [0.25, 0.3) is 0 Å². The van der Waals surface area contributed by atoms with Gasteiger partial charge in [-0.3, -0.25) is 4.90 Å². The summed E-state index contributed by atoms with van der Waals surface area (Å²) in [5.74, 6) is -0.546. The molecule has 1 amide bonds. The van der Waals surface area contributed by atoms with E-state index >= 15 is 0 Å². The smallest absolute Gasteiger partial charge is 0.414 e. The monoisotopic (exact) mass is 266 g/mol. The lowest BCUT2D eigenvalue weighted by Gasteiger charge is -2.25. The van der Waals surface area contributed by atoms with Gasteiger partial charge in [-0.15, -0.1) is 0 Å². The van der Waals surface area contributed by atoms with Crippen LogP contribution in [-0.4, -0.2) is 24.8 Å². The predicted octanol–water partition coefficient (Wildman–Crippen LogP) is 3.16. The number of amides is 1. The van der Waals surface area contributed by atoms with E-state index in [9.17, 15) is 14.0 Å². The summed E-state index contributed by atoms with van der Waals surface area (Å²) in [5, 5.41) is 0. The minimum atomic E-state index is -0.674. The largest absolute Gasteiger partial charge is 0.443 e. The third-order valence-electron chi connectivity index (χ3n) is 2.13. The Bertz CT molecular complexity index is 531. The number of halogens is 1. The molecule has 0 saturated carbocycles. The van der Waals surface area contributed by atoms with Crippen molar-refractivity contribution in [3.8, 4) is 0 Å². The Hall–Kier alpha value is -2.20. The molecule has 0 aliphatic carbocycles. The minimum absolute atomic E-state index is 0.137. The van der Waals surface area contributed by atoms with Gasteiger partial charge < -0.3 is 4.74 Å². The van der Waals surface area contributed by atoms with Crippen molar-refractivity contribution >= 4 is 23.5 Å². The molecule has 1 rings (SSSR count). The van der Waals surface area contributed by atoms with E-state index in [4.69, 9.17) is 4.74 Å². The van der Waals surface area contributed by atoms with Crippen LogP contribution in [0.4, 0.5) is 20.6 Å². The van der Waals surface area contributed by atoms with Crippen LogP contribution in [0.1, 0.15) is 20.8 Å². The van der Waals surface area contributed by atoms with Crippen LogP contribution in [0.2, 0.25) is 0 Å². The van der Waals surface area contributed by atoms with Gasteiger partial charge in [0.15, 0.2) is 0 Å². The first-order valence-electron chi connectivity index (χ1n) is 5.59. The van der Waals surface area contributed by atoms with Gasteiger partial charge in [0, 0.05) is 7.05 Å². The molecule has 0 saturated heterocycles. The Morgan fingerprint density at radius 3 is 2.58 bits per heavy atom. The molecule has 6 heteroatoms. The average Bonchev–Trinajstić information content (AvgIpc) is 2.28. The van der Waals surface area contributed by atoms with Crippen LogP contribution in [-0.2, 0) is 9.53 Å². The zero-order valence-electron chi connectivity index (χ0n) is 11.2. The van der Waals surface area contributed by atoms with E-state index in [-0.39, 0.29) is 11.4 Å². The van der Waals surface area contributed by atoms with Crippen LogP contribution in [0, 0.1) is 5.82 Å². The number of hydrogen-bond acceptors (Lipinski definition) is 4. The summed E-state index contributed by atoms with van der Waals surface area (Å²) in [5.41, 5.74) is -0.394. The Morgan fingerprint density at radius 1 is 1.42 bits per heavy atom. The van der Waals surface area contributed by atoms with Crippen molar-refractivity contribution in [2.24, 2.45) is 4.99 Å². The SMILES string of the molecule is CN(C(=O)OC(C)(C)C)c1cc(F)ccc1N=C=O.